The lowest BCUT2D eigenvalue weighted by molar-refractivity contribution is 0.0521. The first-order valence-electron chi connectivity index (χ1n) is 6.03. The minimum atomic E-state index is -0.713. The van der Waals surface area contributed by atoms with Gasteiger partial charge in [0.15, 0.2) is 5.69 Å². The Labute approximate surface area is 127 Å². The molecule has 1 heterocycles. The van der Waals surface area contributed by atoms with Crippen molar-refractivity contribution in [2.45, 2.75) is 13.8 Å². The molecule has 1 aromatic carbocycles. The average Bonchev–Trinajstić information content (AvgIpc) is 2.70. The first-order chi connectivity index (χ1) is 9.86. The van der Waals surface area contributed by atoms with E-state index in [0.29, 0.717) is 0 Å². The van der Waals surface area contributed by atoms with Crippen molar-refractivity contribution in [3.8, 4) is 5.69 Å². The van der Waals surface area contributed by atoms with Crippen LogP contribution in [-0.2, 0) is 4.74 Å². The number of imidazole rings is 1. The number of carbonyl (C=O) groups excluding carboxylic acids is 1. The van der Waals surface area contributed by atoms with Crippen LogP contribution >= 0.6 is 15.9 Å². The summed E-state index contributed by atoms with van der Waals surface area (Å²) in [5.74, 6) is -1.93. The Bertz CT molecular complexity index is 716. The molecule has 0 bridgehead atoms. The van der Waals surface area contributed by atoms with Gasteiger partial charge in [-0.05, 0) is 35.8 Å². The molecule has 21 heavy (non-hydrogen) atoms. The van der Waals surface area contributed by atoms with Crippen molar-refractivity contribution < 1.29 is 18.3 Å². The van der Waals surface area contributed by atoms with Crippen LogP contribution in [0.2, 0.25) is 0 Å². The SMILES string of the molecule is CCOC(=O)c1nc(C)n(-c2cc(F)c(Br)cc2F)c1N. The second-order valence-corrected chi connectivity index (χ2v) is 5.02. The first kappa shape index (κ1) is 15.4. The van der Waals surface area contributed by atoms with Crippen molar-refractivity contribution in [3.63, 3.8) is 0 Å². The van der Waals surface area contributed by atoms with E-state index in [1.54, 1.807) is 6.92 Å². The van der Waals surface area contributed by atoms with Crippen LogP contribution in [-0.4, -0.2) is 22.1 Å². The predicted octanol–water partition coefficient (Wildman–Crippen LogP) is 2.98. The standard InChI is InChI=1S/C13H12BrF2N3O2/c1-3-21-13(20)11-12(17)19(6(2)18-11)10-5-8(15)7(14)4-9(10)16/h4-5H,3,17H2,1-2H3. The number of aromatic nitrogens is 2. The van der Waals surface area contributed by atoms with Gasteiger partial charge in [0.1, 0.15) is 23.3 Å². The van der Waals surface area contributed by atoms with E-state index in [1.165, 1.54) is 6.92 Å². The summed E-state index contributed by atoms with van der Waals surface area (Å²) < 4.78 is 33.6. The maximum atomic E-state index is 14.0. The van der Waals surface area contributed by atoms with Crippen LogP contribution in [0.3, 0.4) is 0 Å². The van der Waals surface area contributed by atoms with Gasteiger partial charge in [-0.25, -0.2) is 18.6 Å². The van der Waals surface area contributed by atoms with Gasteiger partial charge >= 0.3 is 5.97 Å². The number of esters is 1. The van der Waals surface area contributed by atoms with Gasteiger partial charge in [-0.3, -0.25) is 4.57 Å². The van der Waals surface area contributed by atoms with Gasteiger partial charge in [0.05, 0.1) is 16.8 Å². The van der Waals surface area contributed by atoms with E-state index < -0.39 is 17.6 Å². The van der Waals surface area contributed by atoms with Gasteiger partial charge in [0, 0.05) is 6.07 Å². The van der Waals surface area contributed by atoms with Crippen molar-refractivity contribution in [2.75, 3.05) is 12.3 Å². The fourth-order valence-electron chi connectivity index (χ4n) is 1.89. The normalized spacial score (nSPS) is 10.7. The van der Waals surface area contributed by atoms with Gasteiger partial charge in [-0.15, -0.1) is 0 Å². The molecule has 0 atom stereocenters. The van der Waals surface area contributed by atoms with E-state index in [1.807, 2.05) is 0 Å². The number of nitrogens with zero attached hydrogens (tertiary/aromatic N) is 2. The van der Waals surface area contributed by atoms with Crippen molar-refractivity contribution in [1.29, 1.82) is 0 Å². The van der Waals surface area contributed by atoms with Gasteiger partial charge < -0.3 is 10.5 Å². The Morgan fingerprint density at radius 2 is 2.10 bits per heavy atom. The van der Waals surface area contributed by atoms with Crippen molar-refractivity contribution in [1.82, 2.24) is 9.55 Å². The van der Waals surface area contributed by atoms with Crippen LogP contribution < -0.4 is 5.73 Å². The molecular weight excluding hydrogens is 348 g/mol. The molecule has 0 saturated heterocycles. The summed E-state index contributed by atoms with van der Waals surface area (Å²) in [5.41, 5.74) is 5.56. The fourth-order valence-corrected chi connectivity index (χ4v) is 2.20. The molecule has 0 amide bonds. The molecule has 2 rings (SSSR count). The minimum absolute atomic E-state index is 0.00861. The number of hydrogen-bond donors (Lipinski definition) is 1. The number of hydrogen-bond acceptors (Lipinski definition) is 4. The Balaban J connectivity index is 2.60. The predicted molar refractivity (Wildman–Crippen MR) is 76.3 cm³/mol. The zero-order chi connectivity index (χ0) is 15.7. The maximum Gasteiger partial charge on any atom is 0.360 e. The average molecular weight is 360 g/mol. The van der Waals surface area contributed by atoms with E-state index in [9.17, 15) is 13.6 Å². The number of ether oxygens (including phenoxy) is 1. The summed E-state index contributed by atoms with van der Waals surface area (Å²) in [6.45, 7) is 3.33. The van der Waals surface area contributed by atoms with E-state index >= 15 is 0 Å². The molecule has 0 aliphatic rings. The Kier molecular flexibility index (Phi) is 4.26. The largest absolute Gasteiger partial charge is 0.461 e. The van der Waals surface area contributed by atoms with Crippen LogP contribution in [0.15, 0.2) is 16.6 Å². The number of rotatable bonds is 3. The molecule has 0 spiro atoms. The summed E-state index contributed by atoms with van der Waals surface area (Å²) >= 11 is 2.89. The molecule has 0 aliphatic carbocycles. The topological polar surface area (TPSA) is 70.1 Å². The smallest absolute Gasteiger partial charge is 0.360 e. The molecule has 1 aromatic heterocycles. The second-order valence-electron chi connectivity index (χ2n) is 4.17. The number of halogens is 3. The van der Waals surface area contributed by atoms with Gasteiger partial charge in [0.2, 0.25) is 0 Å². The van der Waals surface area contributed by atoms with Gasteiger partial charge in [-0.2, -0.15) is 0 Å². The molecule has 0 aliphatic heterocycles. The molecule has 0 fully saturated rings. The Morgan fingerprint density at radius 1 is 1.43 bits per heavy atom. The number of benzene rings is 1. The van der Waals surface area contributed by atoms with E-state index in [4.69, 9.17) is 10.5 Å². The zero-order valence-electron chi connectivity index (χ0n) is 11.3. The maximum absolute atomic E-state index is 14.0. The van der Waals surface area contributed by atoms with E-state index in [2.05, 4.69) is 20.9 Å². The second kappa shape index (κ2) is 5.80. The Morgan fingerprint density at radius 3 is 2.71 bits per heavy atom. The summed E-state index contributed by atoms with van der Waals surface area (Å²) in [5, 5.41) is 0. The third-order valence-corrected chi connectivity index (χ3v) is 3.39. The lowest BCUT2D eigenvalue weighted by Gasteiger charge is -2.10. The van der Waals surface area contributed by atoms with E-state index in [-0.39, 0.29) is 34.1 Å². The number of anilines is 1. The monoisotopic (exact) mass is 359 g/mol. The number of aryl methyl sites for hydroxylation is 1. The lowest BCUT2D eigenvalue weighted by Crippen LogP contribution is -2.10. The molecule has 0 saturated carbocycles. The minimum Gasteiger partial charge on any atom is -0.461 e. The molecule has 8 heteroatoms. The number of nitrogens with two attached hydrogens (primary N) is 1. The highest BCUT2D eigenvalue weighted by Crippen LogP contribution is 2.27. The van der Waals surface area contributed by atoms with Gasteiger partial charge in [-0.1, -0.05) is 0 Å². The first-order valence-corrected chi connectivity index (χ1v) is 6.83. The quantitative estimate of drug-likeness (QED) is 0.675. The van der Waals surface area contributed by atoms with Crippen LogP contribution in [0.5, 0.6) is 0 Å². The molecule has 2 aromatic rings. The summed E-state index contributed by atoms with van der Waals surface area (Å²) in [6, 6.07) is 1.95. The van der Waals surface area contributed by atoms with Crippen molar-refractivity contribution in [2.24, 2.45) is 0 Å². The molecule has 5 nitrogen and oxygen atoms in total. The number of nitrogen functional groups attached to an aromatic ring is 1. The molecule has 112 valence electrons. The highest BCUT2D eigenvalue weighted by molar-refractivity contribution is 9.10. The summed E-state index contributed by atoms with van der Waals surface area (Å²) in [6.07, 6.45) is 0. The molecular formula is C13H12BrF2N3O2. The van der Waals surface area contributed by atoms with Crippen LogP contribution in [0.4, 0.5) is 14.6 Å². The Hall–Kier alpha value is -1.96. The van der Waals surface area contributed by atoms with Crippen LogP contribution in [0.25, 0.3) is 5.69 Å². The summed E-state index contributed by atoms with van der Waals surface area (Å²) in [7, 11) is 0. The third kappa shape index (κ3) is 2.76. The van der Waals surface area contributed by atoms with Crippen LogP contribution in [0.1, 0.15) is 23.2 Å². The molecule has 0 radical (unpaired) electrons. The highest BCUT2D eigenvalue weighted by Gasteiger charge is 2.22. The highest BCUT2D eigenvalue weighted by atomic mass is 79.9. The van der Waals surface area contributed by atoms with Crippen molar-refractivity contribution in [3.05, 3.63) is 39.8 Å². The van der Waals surface area contributed by atoms with E-state index in [0.717, 1.165) is 16.7 Å². The molecule has 0 unspecified atom stereocenters. The lowest BCUT2D eigenvalue weighted by atomic mass is 10.3. The van der Waals surface area contributed by atoms with Gasteiger partial charge in [0.25, 0.3) is 0 Å². The molecule has 2 N–H and O–H groups in total. The zero-order valence-corrected chi connectivity index (χ0v) is 12.9. The fraction of sp³-hybridized carbons (Fsp3) is 0.231. The third-order valence-electron chi connectivity index (χ3n) is 2.78. The summed E-state index contributed by atoms with van der Waals surface area (Å²) in [4.78, 5) is 15.7. The van der Waals surface area contributed by atoms with Crippen molar-refractivity contribution >= 4 is 27.7 Å². The van der Waals surface area contributed by atoms with Crippen LogP contribution in [0, 0.1) is 18.6 Å². The number of carbonyl (C=O) groups is 1.